The topological polar surface area (TPSA) is 107 Å². The van der Waals surface area contributed by atoms with E-state index >= 15 is 0 Å². The van der Waals surface area contributed by atoms with Crippen molar-refractivity contribution in [3.8, 4) is 0 Å². The van der Waals surface area contributed by atoms with Gasteiger partial charge in [-0.3, -0.25) is 14.6 Å². The highest BCUT2D eigenvalue weighted by Gasteiger charge is 2.30. The molecule has 1 aromatic carbocycles. The van der Waals surface area contributed by atoms with Crippen LogP contribution in [0.3, 0.4) is 0 Å². The summed E-state index contributed by atoms with van der Waals surface area (Å²) in [6, 6.07) is 6.78. The van der Waals surface area contributed by atoms with Crippen LogP contribution in [0, 0.1) is 6.92 Å². The van der Waals surface area contributed by atoms with E-state index < -0.39 is 19.2 Å². The molecular weight excluding hydrogens is 257 g/mol. The number of carbonyl (C=O) groups excluding carboxylic acids is 1. The van der Waals surface area contributed by atoms with Crippen molar-refractivity contribution in [2.75, 3.05) is 0 Å². The molecule has 0 radical (unpaired) electrons. The van der Waals surface area contributed by atoms with Crippen LogP contribution in [0.1, 0.15) is 29.6 Å². The Hall–Kier alpha value is -1.20. The van der Waals surface area contributed by atoms with Gasteiger partial charge in [0.25, 0.3) is 0 Å². The Morgan fingerprint density at radius 2 is 1.89 bits per heavy atom. The van der Waals surface area contributed by atoms with E-state index in [1.165, 1.54) is 5.48 Å². The second kappa shape index (κ2) is 6.11. The molecule has 7 heteroatoms. The lowest BCUT2D eigenvalue weighted by atomic mass is 10.1. The summed E-state index contributed by atoms with van der Waals surface area (Å²) in [7, 11) is -4.34. The van der Waals surface area contributed by atoms with E-state index in [1.807, 2.05) is 6.92 Å². The zero-order valence-corrected chi connectivity index (χ0v) is 10.8. The van der Waals surface area contributed by atoms with E-state index in [2.05, 4.69) is 0 Å². The number of amides is 1. The Morgan fingerprint density at radius 3 is 2.33 bits per heavy atom. The number of nitrogens with one attached hydrogen (secondary N) is 1. The fourth-order valence-electron chi connectivity index (χ4n) is 1.64. The average Bonchev–Trinajstić information content (AvgIpc) is 2.29. The van der Waals surface area contributed by atoms with Gasteiger partial charge in [-0.05, 0) is 18.9 Å². The van der Waals surface area contributed by atoms with Gasteiger partial charge >= 0.3 is 7.60 Å². The van der Waals surface area contributed by atoms with Crippen molar-refractivity contribution >= 4 is 13.5 Å². The second-order valence-electron chi connectivity index (χ2n) is 4.09. The molecule has 4 N–H and O–H groups in total. The van der Waals surface area contributed by atoms with E-state index in [9.17, 15) is 19.1 Å². The molecule has 0 spiro atoms. The van der Waals surface area contributed by atoms with E-state index in [0.717, 1.165) is 5.56 Å². The minimum atomic E-state index is -4.34. The predicted octanol–water partition coefficient (Wildman–Crippen LogP) is 1.50. The Balaban J connectivity index is 2.89. The lowest BCUT2D eigenvalue weighted by molar-refractivity contribution is -0.129. The summed E-state index contributed by atoms with van der Waals surface area (Å²) in [5, 5.41) is 8.36. The van der Waals surface area contributed by atoms with Gasteiger partial charge in [-0.2, -0.15) is 0 Å². The third kappa shape index (κ3) is 4.23. The van der Waals surface area contributed by atoms with Crippen molar-refractivity contribution in [2.24, 2.45) is 0 Å². The summed E-state index contributed by atoms with van der Waals surface area (Å²) in [5.74, 6) is -0.666. The van der Waals surface area contributed by atoms with Crippen LogP contribution in [0.5, 0.6) is 0 Å². The van der Waals surface area contributed by atoms with E-state index in [4.69, 9.17) is 5.21 Å². The van der Waals surface area contributed by atoms with Gasteiger partial charge in [0.2, 0.25) is 5.91 Å². The smallest absolute Gasteiger partial charge is 0.324 e. The maximum absolute atomic E-state index is 11.4. The molecule has 18 heavy (non-hydrogen) atoms. The summed E-state index contributed by atoms with van der Waals surface area (Å²) in [5.41, 5.74) is 1.88. The zero-order chi connectivity index (χ0) is 13.8. The van der Waals surface area contributed by atoms with Crippen molar-refractivity contribution in [1.29, 1.82) is 0 Å². The van der Waals surface area contributed by atoms with Crippen molar-refractivity contribution in [2.45, 2.75) is 25.4 Å². The second-order valence-corrected chi connectivity index (χ2v) is 5.89. The largest absolute Gasteiger partial charge is 0.332 e. The van der Waals surface area contributed by atoms with Gasteiger partial charge in [-0.25, -0.2) is 5.48 Å². The molecule has 0 saturated carbocycles. The van der Waals surface area contributed by atoms with Crippen LogP contribution in [0.2, 0.25) is 0 Å². The van der Waals surface area contributed by atoms with Gasteiger partial charge < -0.3 is 9.79 Å². The minimum Gasteiger partial charge on any atom is -0.324 e. The molecule has 1 rings (SSSR count). The number of aryl methyl sites for hydroxylation is 1. The number of carbonyl (C=O) groups is 1. The van der Waals surface area contributed by atoms with Gasteiger partial charge in [0.1, 0.15) is 0 Å². The standard InChI is InChI=1S/C11H16NO5P/c1-8-2-4-9(5-3-8)10(18(15,16)17)6-7-11(13)12-14/h2-5,10,14H,6-7H2,1H3,(H,12,13)(H2,15,16,17). The lowest BCUT2D eigenvalue weighted by Gasteiger charge is -2.18. The summed E-state index contributed by atoms with van der Waals surface area (Å²) in [6.07, 6.45) is -0.181. The number of benzene rings is 1. The molecule has 0 aliphatic rings. The fourth-order valence-corrected chi connectivity index (χ4v) is 2.67. The molecule has 1 unspecified atom stereocenters. The molecule has 6 nitrogen and oxygen atoms in total. The summed E-state index contributed by atoms with van der Waals surface area (Å²) in [6.45, 7) is 1.87. The van der Waals surface area contributed by atoms with Gasteiger partial charge in [-0.1, -0.05) is 29.8 Å². The van der Waals surface area contributed by atoms with Crippen molar-refractivity contribution in [3.05, 3.63) is 35.4 Å². The Kier molecular flexibility index (Phi) is 5.04. The summed E-state index contributed by atoms with van der Waals surface area (Å²) in [4.78, 5) is 29.5. The van der Waals surface area contributed by atoms with Crippen LogP contribution in [-0.2, 0) is 9.36 Å². The quantitative estimate of drug-likeness (QED) is 0.369. The first kappa shape index (κ1) is 14.9. The first-order valence-corrected chi connectivity index (χ1v) is 7.07. The molecule has 0 heterocycles. The minimum absolute atomic E-state index is 0.0280. The molecular formula is C11H16NO5P. The SMILES string of the molecule is Cc1ccc(C(CCC(=O)NO)P(=O)(O)O)cc1. The van der Waals surface area contributed by atoms with Crippen LogP contribution in [0.25, 0.3) is 0 Å². The molecule has 1 atom stereocenters. The zero-order valence-electron chi connectivity index (χ0n) is 9.91. The number of hydrogen-bond acceptors (Lipinski definition) is 3. The molecule has 0 aliphatic heterocycles. The monoisotopic (exact) mass is 273 g/mol. The van der Waals surface area contributed by atoms with Gasteiger partial charge in [0.15, 0.2) is 0 Å². The maximum atomic E-state index is 11.4. The molecule has 1 amide bonds. The van der Waals surface area contributed by atoms with Crippen molar-refractivity contribution in [1.82, 2.24) is 5.48 Å². The first-order valence-electron chi connectivity index (χ1n) is 5.39. The predicted molar refractivity (Wildman–Crippen MR) is 65.1 cm³/mol. The van der Waals surface area contributed by atoms with Crippen LogP contribution in [-0.4, -0.2) is 20.9 Å². The van der Waals surface area contributed by atoms with Crippen LogP contribution in [0.15, 0.2) is 24.3 Å². The van der Waals surface area contributed by atoms with E-state index in [1.54, 1.807) is 24.3 Å². The molecule has 1 aromatic rings. The molecule has 0 saturated heterocycles. The lowest BCUT2D eigenvalue weighted by Crippen LogP contribution is -2.19. The highest BCUT2D eigenvalue weighted by Crippen LogP contribution is 2.54. The van der Waals surface area contributed by atoms with Gasteiger partial charge in [0, 0.05) is 6.42 Å². The van der Waals surface area contributed by atoms with Crippen molar-refractivity contribution in [3.63, 3.8) is 0 Å². The third-order valence-electron chi connectivity index (χ3n) is 2.64. The molecule has 0 bridgehead atoms. The third-order valence-corrected chi connectivity index (χ3v) is 4.01. The van der Waals surface area contributed by atoms with E-state index in [-0.39, 0.29) is 12.8 Å². The molecule has 100 valence electrons. The van der Waals surface area contributed by atoms with Crippen LogP contribution >= 0.6 is 7.60 Å². The Bertz CT molecular complexity index is 453. The van der Waals surface area contributed by atoms with Crippen molar-refractivity contribution < 1.29 is 24.4 Å². The molecule has 0 aromatic heterocycles. The Morgan fingerprint density at radius 1 is 1.33 bits per heavy atom. The molecule has 0 fully saturated rings. The Labute approximate surface area is 105 Å². The summed E-state index contributed by atoms with van der Waals surface area (Å²) < 4.78 is 11.4. The maximum Gasteiger partial charge on any atom is 0.332 e. The number of hydrogen-bond donors (Lipinski definition) is 4. The van der Waals surface area contributed by atoms with Gasteiger partial charge in [0.05, 0.1) is 5.66 Å². The fraction of sp³-hybridized carbons (Fsp3) is 0.364. The van der Waals surface area contributed by atoms with E-state index in [0.29, 0.717) is 5.56 Å². The first-order chi connectivity index (χ1) is 8.34. The summed E-state index contributed by atoms with van der Waals surface area (Å²) >= 11 is 0. The van der Waals surface area contributed by atoms with Crippen LogP contribution < -0.4 is 5.48 Å². The number of rotatable bonds is 5. The molecule has 0 aliphatic carbocycles. The average molecular weight is 273 g/mol. The number of hydroxylamine groups is 1. The highest BCUT2D eigenvalue weighted by atomic mass is 31.2. The van der Waals surface area contributed by atoms with Gasteiger partial charge in [-0.15, -0.1) is 0 Å². The van der Waals surface area contributed by atoms with Crippen LogP contribution in [0.4, 0.5) is 0 Å². The normalized spacial score (nSPS) is 13.1. The highest BCUT2D eigenvalue weighted by molar-refractivity contribution is 7.52.